The molecule has 36 heavy (non-hydrogen) atoms. The van der Waals surface area contributed by atoms with Crippen LogP contribution in [0.15, 0.2) is 59.4 Å². The minimum absolute atomic E-state index is 0.211. The summed E-state index contributed by atoms with van der Waals surface area (Å²) in [5, 5.41) is 8.65. The Bertz CT molecular complexity index is 1680. The molecule has 1 N–H and O–H groups in total. The van der Waals surface area contributed by atoms with E-state index in [1.165, 1.54) is 22.0 Å². The molecule has 1 amide bonds. The molecule has 0 aliphatic carbocycles. The smallest absolute Gasteiger partial charge is 0.338 e. The second kappa shape index (κ2) is 9.38. The topological polar surface area (TPSA) is 108 Å². The zero-order valence-corrected chi connectivity index (χ0v) is 20.8. The van der Waals surface area contributed by atoms with Gasteiger partial charge in [-0.2, -0.15) is 5.10 Å². The number of ether oxygens (including phenoxy) is 1. The standard InChI is InChI=1S/C26H23N5O4S/c1-4-35-25(34)17-10-11-19-20(13-17)36-26(27-19)28-21(32)14-30-22(33)12-15(2)23-16(3)29-31(24(23)30)18-8-6-5-7-9-18/h5-13H,4,14H2,1-3H3,(H,27,28,32). The van der Waals surface area contributed by atoms with Crippen molar-refractivity contribution in [1.29, 1.82) is 0 Å². The molecule has 2 aromatic carbocycles. The highest BCUT2D eigenvalue weighted by molar-refractivity contribution is 7.22. The van der Waals surface area contributed by atoms with E-state index in [9.17, 15) is 14.4 Å². The number of amides is 1. The number of carbonyl (C=O) groups excluding carboxylic acids is 2. The Labute approximate surface area is 210 Å². The van der Waals surface area contributed by atoms with Crippen molar-refractivity contribution in [2.45, 2.75) is 27.3 Å². The molecule has 0 unspecified atom stereocenters. The maximum absolute atomic E-state index is 13.0. The highest BCUT2D eigenvalue weighted by Gasteiger charge is 2.19. The lowest BCUT2D eigenvalue weighted by Gasteiger charge is -2.12. The molecule has 0 saturated heterocycles. The third kappa shape index (κ3) is 4.27. The third-order valence-electron chi connectivity index (χ3n) is 5.74. The number of benzene rings is 2. The fraction of sp³-hybridized carbons (Fsp3) is 0.192. The summed E-state index contributed by atoms with van der Waals surface area (Å²) >= 11 is 1.24. The molecule has 0 aliphatic rings. The Morgan fingerprint density at radius 3 is 2.61 bits per heavy atom. The van der Waals surface area contributed by atoms with Crippen molar-refractivity contribution >= 4 is 49.6 Å². The van der Waals surface area contributed by atoms with E-state index in [1.54, 1.807) is 29.8 Å². The fourth-order valence-corrected chi connectivity index (χ4v) is 5.11. The summed E-state index contributed by atoms with van der Waals surface area (Å²) < 4.78 is 8.91. The molecule has 3 heterocycles. The minimum atomic E-state index is -0.411. The van der Waals surface area contributed by atoms with E-state index in [0.717, 1.165) is 27.0 Å². The van der Waals surface area contributed by atoms with E-state index in [2.05, 4.69) is 15.4 Å². The quantitative estimate of drug-likeness (QED) is 0.349. The second-order valence-electron chi connectivity index (χ2n) is 8.25. The van der Waals surface area contributed by atoms with E-state index in [-0.39, 0.29) is 18.7 Å². The lowest BCUT2D eigenvalue weighted by atomic mass is 10.1. The van der Waals surface area contributed by atoms with Crippen LogP contribution in [0.1, 0.15) is 28.5 Å². The van der Waals surface area contributed by atoms with Crippen molar-refractivity contribution in [2.24, 2.45) is 0 Å². The predicted molar refractivity (Wildman–Crippen MR) is 139 cm³/mol. The van der Waals surface area contributed by atoms with E-state index >= 15 is 0 Å². The number of para-hydroxylation sites is 1. The normalized spacial score (nSPS) is 11.2. The Balaban J connectivity index is 1.48. The van der Waals surface area contributed by atoms with Crippen molar-refractivity contribution in [3.8, 4) is 5.69 Å². The van der Waals surface area contributed by atoms with Crippen molar-refractivity contribution in [3.05, 3.63) is 81.8 Å². The molecule has 0 saturated carbocycles. The molecule has 0 aliphatic heterocycles. The number of anilines is 1. The first kappa shape index (κ1) is 23.4. The lowest BCUT2D eigenvalue weighted by Crippen LogP contribution is -2.28. The number of nitrogens with one attached hydrogen (secondary N) is 1. The number of esters is 1. The first-order valence-corrected chi connectivity index (χ1v) is 12.2. The second-order valence-corrected chi connectivity index (χ2v) is 9.28. The number of carbonyl (C=O) groups is 2. The number of nitrogens with zero attached hydrogens (tertiary/aromatic N) is 4. The minimum Gasteiger partial charge on any atom is -0.462 e. The Morgan fingerprint density at radius 1 is 1.08 bits per heavy atom. The Kier molecular flexibility index (Phi) is 6.11. The zero-order valence-electron chi connectivity index (χ0n) is 19.9. The van der Waals surface area contributed by atoms with Gasteiger partial charge in [0.05, 0.1) is 33.8 Å². The van der Waals surface area contributed by atoms with E-state index in [1.807, 2.05) is 44.2 Å². The van der Waals surface area contributed by atoms with Crippen LogP contribution in [0.3, 0.4) is 0 Å². The molecule has 9 nitrogen and oxygen atoms in total. The van der Waals surface area contributed by atoms with Crippen molar-refractivity contribution < 1.29 is 14.3 Å². The number of hydrogen-bond donors (Lipinski definition) is 1. The van der Waals surface area contributed by atoms with E-state index in [4.69, 9.17) is 4.74 Å². The monoisotopic (exact) mass is 501 g/mol. The molecule has 182 valence electrons. The molecular formula is C26H23N5O4S. The average molecular weight is 502 g/mol. The van der Waals surface area contributed by atoms with Gasteiger partial charge < -0.3 is 10.1 Å². The first-order chi connectivity index (χ1) is 17.4. The first-order valence-electron chi connectivity index (χ1n) is 11.4. The summed E-state index contributed by atoms with van der Waals surface area (Å²) in [7, 11) is 0. The molecule has 0 fully saturated rings. The van der Waals surface area contributed by atoms with Gasteiger partial charge >= 0.3 is 5.97 Å². The number of aryl methyl sites for hydroxylation is 2. The number of hydrogen-bond acceptors (Lipinski definition) is 7. The van der Waals surface area contributed by atoms with Gasteiger partial charge in [-0.3, -0.25) is 14.2 Å². The van der Waals surface area contributed by atoms with Crippen LogP contribution in [0, 0.1) is 13.8 Å². The Morgan fingerprint density at radius 2 is 1.86 bits per heavy atom. The van der Waals surface area contributed by atoms with Crippen molar-refractivity contribution in [1.82, 2.24) is 19.3 Å². The highest BCUT2D eigenvalue weighted by atomic mass is 32.1. The van der Waals surface area contributed by atoms with Crippen molar-refractivity contribution in [2.75, 3.05) is 11.9 Å². The van der Waals surface area contributed by atoms with Gasteiger partial charge in [0.15, 0.2) is 5.13 Å². The number of pyridine rings is 1. The van der Waals surface area contributed by atoms with Crippen LogP contribution in [0.25, 0.3) is 26.9 Å². The highest BCUT2D eigenvalue weighted by Crippen LogP contribution is 2.28. The third-order valence-corrected chi connectivity index (χ3v) is 6.67. The summed E-state index contributed by atoms with van der Waals surface area (Å²) in [5.74, 6) is -0.808. The van der Waals surface area contributed by atoms with Crippen LogP contribution in [0.2, 0.25) is 0 Å². The summed E-state index contributed by atoms with van der Waals surface area (Å²) in [4.78, 5) is 42.5. The molecule has 0 atom stereocenters. The van der Waals surface area contributed by atoms with E-state index < -0.39 is 11.9 Å². The zero-order chi connectivity index (χ0) is 25.4. The predicted octanol–water partition coefficient (Wildman–Crippen LogP) is 4.23. The number of aromatic nitrogens is 4. The maximum Gasteiger partial charge on any atom is 0.338 e. The van der Waals surface area contributed by atoms with Gasteiger partial charge in [-0.1, -0.05) is 29.5 Å². The van der Waals surface area contributed by atoms with Gasteiger partial charge in [-0.15, -0.1) is 0 Å². The lowest BCUT2D eigenvalue weighted by molar-refractivity contribution is -0.116. The largest absolute Gasteiger partial charge is 0.462 e. The molecule has 5 aromatic rings. The summed E-state index contributed by atoms with van der Waals surface area (Å²) in [5.41, 5.74) is 3.69. The molecular weight excluding hydrogens is 478 g/mol. The molecule has 10 heteroatoms. The van der Waals surface area contributed by atoms with Crippen LogP contribution in [0.4, 0.5) is 5.13 Å². The van der Waals surface area contributed by atoms with Crippen LogP contribution in [-0.4, -0.2) is 37.8 Å². The number of rotatable bonds is 6. The Hall–Kier alpha value is -4.31. The summed E-state index contributed by atoms with van der Waals surface area (Å²) in [6, 6.07) is 16.0. The summed E-state index contributed by atoms with van der Waals surface area (Å²) in [6.07, 6.45) is 0. The van der Waals surface area contributed by atoms with Gasteiger partial charge in [0.25, 0.3) is 5.56 Å². The van der Waals surface area contributed by atoms with Gasteiger partial charge in [-0.25, -0.2) is 14.5 Å². The maximum atomic E-state index is 13.0. The van der Waals surface area contributed by atoms with Crippen molar-refractivity contribution in [3.63, 3.8) is 0 Å². The molecule has 0 radical (unpaired) electrons. The van der Waals surface area contributed by atoms with E-state index in [0.29, 0.717) is 21.9 Å². The fourth-order valence-electron chi connectivity index (χ4n) is 4.19. The van der Waals surface area contributed by atoms with Crippen LogP contribution >= 0.6 is 11.3 Å². The van der Waals surface area contributed by atoms with Crippen LogP contribution in [0.5, 0.6) is 0 Å². The SMILES string of the molecule is CCOC(=O)c1ccc2nc(NC(=O)Cn3c(=O)cc(C)c4c(C)nn(-c5ccccc5)c43)sc2c1. The average Bonchev–Trinajstić information content (AvgIpc) is 3.42. The van der Waals surface area contributed by atoms with Gasteiger partial charge in [-0.05, 0) is 56.7 Å². The van der Waals surface area contributed by atoms with Gasteiger partial charge in [0.2, 0.25) is 5.91 Å². The van der Waals surface area contributed by atoms with Gasteiger partial charge in [0, 0.05) is 11.5 Å². The van der Waals surface area contributed by atoms with Crippen LogP contribution < -0.4 is 10.9 Å². The molecule has 3 aromatic heterocycles. The summed E-state index contributed by atoms with van der Waals surface area (Å²) in [6.45, 7) is 5.57. The molecule has 5 rings (SSSR count). The number of fused-ring (bicyclic) bond motifs is 2. The number of thiazole rings is 1. The van der Waals surface area contributed by atoms with Crippen LogP contribution in [-0.2, 0) is 16.1 Å². The molecule has 0 bridgehead atoms. The molecule has 0 spiro atoms. The van der Waals surface area contributed by atoms with Gasteiger partial charge in [0.1, 0.15) is 12.2 Å².